The van der Waals surface area contributed by atoms with E-state index in [0.717, 1.165) is 11.4 Å². The van der Waals surface area contributed by atoms with E-state index in [9.17, 15) is 0 Å². The molecule has 0 bridgehead atoms. The van der Waals surface area contributed by atoms with E-state index in [1.807, 2.05) is 12.1 Å². The molecule has 144 valence electrons. The summed E-state index contributed by atoms with van der Waals surface area (Å²) in [6.07, 6.45) is 0. The van der Waals surface area contributed by atoms with Crippen molar-refractivity contribution in [1.29, 1.82) is 0 Å². The monoisotopic (exact) mass is 383 g/mol. The van der Waals surface area contributed by atoms with Crippen LogP contribution in [0.5, 0.6) is 0 Å². The molecule has 4 N–H and O–H groups in total. The molecule has 29 heavy (non-hydrogen) atoms. The molecule has 0 aliphatic carbocycles. The third-order valence-corrected chi connectivity index (χ3v) is 4.27. The van der Waals surface area contributed by atoms with Crippen LogP contribution in [-0.2, 0) is 0 Å². The summed E-state index contributed by atoms with van der Waals surface area (Å²) in [5, 5.41) is 25.0. The predicted molar refractivity (Wildman–Crippen MR) is 119 cm³/mol. The van der Waals surface area contributed by atoms with Crippen molar-refractivity contribution in [3.05, 3.63) is 109 Å². The first kappa shape index (κ1) is 20.4. The quantitative estimate of drug-likeness (QED) is 0.385. The van der Waals surface area contributed by atoms with Crippen LogP contribution in [0.1, 0.15) is 0 Å². The molecule has 4 rings (SSSR count). The Morgan fingerprint density at radius 1 is 0.414 bits per heavy atom. The molecule has 4 aromatic carbocycles. The number of anilines is 2. The molecule has 0 fully saturated rings. The van der Waals surface area contributed by atoms with Crippen LogP contribution in [0.3, 0.4) is 0 Å². The van der Waals surface area contributed by atoms with Gasteiger partial charge in [-0.1, -0.05) is 84.9 Å². The first-order valence-electron chi connectivity index (χ1n) is 9.24. The molecule has 4 nitrogen and oxygen atoms in total. The Hall–Kier alpha value is -3.38. The first-order chi connectivity index (χ1) is 14.1. The number of hydrogen-bond acceptors (Lipinski definition) is 4. The molecule has 0 aliphatic rings. The fourth-order valence-electron chi connectivity index (χ4n) is 2.92. The van der Waals surface area contributed by atoms with E-state index in [2.05, 4.69) is 102 Å². The van der Waals surface area contributed by atoms with Gasteiger partial charge in [-0.2, -0.15) is 0 Å². The number of rotatable bonds is 4. The minimum atomic E-state index is -2.17. The highest BCUT2D eigenvalue weighted by atomic mass is 16.5. The molecule has 0 spiro atoms. The van der Waals surface area contributed by atoms with Crippen LogP contribution in [0.4, 0.5) is 11.4 Å². The summed E-state index contributed by atoms with van der Waals surface area (Å²) >= 11 is 0. The predicted octanol–water partition coefficient (Wildman–Crippen LogP) is 4.71. The van der Waals surface area contributed by atoms with E-state index < -0.39 is 7.32 Å². The largest absolute Gasteiger partial charge is 0.631 e. The van der Waals surface area contributed by atoms with Gasteiger partial charge in [-0.15, -0.1) is 0 Å². The molecule has 0 aromatic heterocycles. The maximum absolute atomic E-state index is 7.17. The van der Waals surface area contributed by atoms with Gasteiger partial charge in [-0.3, -0.25) is 0 Å². The highest BCUT2D eigenvalue weighted by Gasteiger charge is 2.00. The zero-order chi connectivity index (χ0) is 20.5. The number of hydrogen-bond donors (Lipinski definition) is 4. The molecule has 0 atom stereocenters. The Morgan fingerprint density at radius 2 is 0.690 bits per heavy atom. The van der Waals surface area contributed by atoms with Crippen LogP contribution in [0, 0.1) is 0 Å². The van der Waals surface area contributed by atoms with Gasteiger partial charge in [0.05, 0.1) is 0 Å². The number of benzene rings is 4. The van der Waals surface area contributed by atoms with Gasteiger partial charge < -0.3 is 20.4 Å². The minimum absolute atomic E-state index is 1.09. The summed E-state index contributed by atoms with van der Waals surface area (Å²) in [7, 11) is -2.17. The van der Waals surface area contributed by atoms with Gasteiger partial charge in [0.15, 0.2) is 0 Å². The van der Waals surface area contributed by atoms with Crippen LogP contribution in [0.25, 0.3) is 22.3 Å². The van der Waals surface area contributed by atoms with Crippen LogP contribution >= 0.6 is 0 Å². The summed E-state index contributed by atoms with van der Waals surface area (Å²) in [5.74, 6) is 0. The van der Waals surface area contributed by atoms with Crippen LogP contribution in [0.15, 0.2) is 109 Å². The van der Waals surface area contributed by atoms with Gasteiger partial charge in [0, 0.05) is 11.4 Å². The van der Waals surface area contributed by atoms with Gasteiger partial charge in [0.2, 0.25) is 0 Å². The maximum atomic E-state index is 7.17. The fraction of sp³-hybridized carbons (Fsp3) is 0. The minimum Gasteiger partial charge on any atom is -0.402 e. The van der Waals surface area contributed by atoms with Crippen LogP contribution < -0.4 is 5.32 Å². The van der Waals surface area contributed by atoms with E-state index in [1.165, 1.54) is 22.3 Å². The van der Waals surface area contributed by atoms with Crippen molar-refractivity contribution >= 4 is 18.7 Å². The molecule has 0 saturated heterocycles. The van der Waals surface area contributed by atoms with Crippen molar-refractivity contribution in [3.8, 4) is 22.3 Å². The Balaban J connectivity index is 0.000000552. The van der Waals surface area contributed by atoms with E-state index in [4.69, 9.17) is 15.1 Å². The van der Waals surface area contributed by atoms with E-state index in [-0.39, 0.29) is 0 Å². The summed E-state index contributed by atoms with van der Waals surface area (Å²) in [6, 6.07) is 37.9. The molecule has 4 aromatic rings. The van der Waals surface area contributed by atoms with Crippen molar-refractivity contribution in [2.75, 3.05) is 5.32 Å². The second kappa shape index (κ2) is 10.2. The van der Waals surface area contributed by atoms with E-state index in [1.54, 1.807) is 0 Å². The van der Waals surface area contributed by atoms with Gasteiger partial charge >= 0.3 is 7.32 Å². The molecule has 0 saturated carbocycles. The lowest BCUT2D eigenvalue weighted by Crippen LogP contribution is -2.07. The smallest absolute Gasteiger partial charge is 0.402 e. The summed E-state index contributed by atoms with van der Waals surface area (Å²) in [6.45, 7) is 0. The van der Waals surface area contributed by atoms with E-state index >= 15 is 0 Å². The zero-order valence-electron chi connectivity index (χ0n) is 15.8. The summed E-state index contributed by atoms with van der Waals surface area (Å²) < 4.78 is 0. The van der Waals surface area contributed by atoms with Crippen molar-refractivity contribution in [3.63, 3.8) is 0 Å². The fourth-order valence-corrected chi connectivity index (χ4v) is 2.92. The van der Waals surface area contributed by atoms with Gasteiger partial charge in [0.1, 0.15) is 0 Å². The lowest BCUT2D eigenvalue weighted by atomic mass is 10.0. The summed E-state index contributed by atoms with van der Waals surface area (Å²) in [5.41, 5.74) is 7.11. The van der Waals surface area contributed by atoms with Crippen molar-refractivity contribution in [1.82, 2.24) is 0 Å². The second-order valence-corrected chi connectivity index (χ2v) is 6.36. The molecule has 5 heteroatoms. The molecule has 0 radical (unpaired) electrons. The SMILES string of the molecule is OB(O)O.c1ccc(-c2ccc(Nc3ccc(-c4ccccc4)cc3)cc2)cc1. The Bertz CT molecular complexity index is 906. The average molecular weight is 383 g/mol. The highest BCUT2D eigenvalue weighted by Crippen LogP contribution is 2.25. The van der Waals surface area contributed by atoms with E-state index in [0.29, 0.717) is 0 Å². The third-order valence-electron chi connectivity index (χ3n) is 4.27. The molecule has 0 aliphatic heterocycles. The standard InChI is InChI=1S/C24H19N.BH3O3/c1-3-7-19(8-4-1)21-11-15-23(16-12-21)25-24-17-13-22(14-18-24)20-9-5-2-6-10-20;2-1(3)4/h1-18,25H;2-4H. The first-order valence-corrected chi connectivity index (χ1v) is 9.24. The van der Waals surface area contributed by atoms with Crippen LogP contribution in [-0.4, -0.2) is 22.4 Å². The normalized spacial score (nSPS) is 9.90. The van der Waals surface area contributed by atoms with Gasteiger partial charge in [-0.05, 0) is 46.5 Å². The lowest BCUT2D eigenvalue weighted by Gasteiger charge is -2.09. The van der Waals surface area contributed by atoms with Crippen LogP contribution in [0.2, 0.25) is 0 Å². The zero-order valence-corrected chi connectivity index (χ0v) is 15.8. The lowest BCUT2D eigenvalue weighted by molar-refractivity contribution is 0.278. The topological polar surface area (TPSA) is 72.7 Å². The molecular formula is C24H22BNO3. The molecule has 0 heterocycles. The van der Waals surface area contributed by atoms with Gasteiger partial charge in [-0.25, -0.2) is 0 Å². The molecular weight excluding hydrogens is 361 g/mol. The Kier molecular flexibility index (Phi) is 7.19. The Morgan fingerprint density at radius 3 is 1.00 bits per heavy atom. The third kappa shape index (κ3) is 6.33. The second-order valence-electron chi connectivity index (χ2n) is 6.36. The summed E-state index contributed by atoms with van der Waals surface area (Å²) in [4.78, 5) is 0. The molecule has 0 unspecified atom stereocenters. The Labute approximate surface area is 170 Å². The molecule has 0 amide bonds. The maximum Gasteiger partial charge on any atom is 0.631 e. The van der Waals surface area contributed by atoms with Gasteiger partial charge in [0.25, 0.3) is 0 Å². The van der Waals surface area contributed by atoms with Crippen molar-refractivity contribution in [2.45, 2.75) is 0 Å². The highest BCUT2D eigenvalue weighted by molar-refractivity contribution is 6.30. The van der Waals surface area contributed by atoms with Crippen molar-refractivity contribution < 1.29 is 15.1 Å². The van der Waals surface area contributed by atoms with Crippen molar-refractivity contribution in [2.24, 2.45) is 0 Å². The average Bonchev–Trinajstić information content (AvgIpc) is 2.76. The number of nitrogens with one attached hydrogen (secondary N) is 1.